The lowest BCUT2D eigenvalue weighted by atomic mass is 10.2. The van der Waals surface area contributed by atoms with Gasteiger partial charge in [0, 0.05) is 6.54 Å². The average Bonchev–Trinajstić information content (AvgIpc) is 3.07. The first-order chi connectivity index (χ1) is 12.0. The number of fused-ring (bicyclic) bond motifs is 1. The molecule has 7 heteroatoms. The van der Waals surface area contributed by atoms with Crippen molar-refractivity contribution in [3.8, 4) is 17.2 Å². The lowest BCUT2D eigenvalue weighted by Crippen LogP contribution is -2.35. The number of aromatic carboxylic acids is 1. The van der Waals surface area contributed by atoms with Gasteiger partial charge in [0.05, 0.1) is 5.56 Å². The molecule has 0 fully saturated rings. The summed E-state index contributed by atoms with van der Waals surface area (Å²) in [6, 6.07) is 11.5. The minimum atomic E-state index is -1.05. The highest BCUT2D eigenvalue weighted by atomic mass is 16.7. The fourth-order valence-corrected chi connectivity index (χ4v) is 2.34. The molecule has 0 radical (unpaired) electrons. The molecule has 2 aromatic carbocycles. The Hall–Kier alpha value is -3.22. The van der Waals surface area contributed by atoms with Gasteiger partial charge >= 0.3 is 5.97 Å². The van der Waals surface area contributed by atoms with E-state index < -0.39 is 12.1 Å². The van der Waals surface area contributed by atoms with Crippen LogP contribution < -0.4 is 19.5 Å². The van der Waals surface area contributed by atoms with Crippen LogP contribution in [0.25, 0.3) is 0 Å². The summed E-state index contributed by atoms with van der Waals surface area (Å²) in [6.45, 7) is 2.12. The van der Waals surface area contributed by atoms with Gasteiger partial charge in [-0.1, -0.05) is 12.1 Å². The standard InChI is InChI=1S/C18H17NO6/c1-11(25-14-4-2-3-13(8-14)18(21)22)17(20)19-9-12-5-6-15-16(7-12)24-10-23-15/h2-8,11H,9-10H2,1H3,(H,19,20)(H,21,22)/t11-/m0/s1. The van der Waals surface area contributed by atoms with Crippen molar-refractivity contribution >= 4 is 11.9 Å². The summed E-state index contributed by atoms with van der Waals surface area (Å²) in [7, 11) is 0. The molecule has 2 N–H and O–H groups in total. The molecular weight excluding hydrogens is 326 g/mol. The number of rotatable bonds is 6. The Morgan fingerprint density at radius 3 is 2.80 bits per heavy atom. The Morgan fingerprint density at radius 2 is 2.00 bits per heavy atom. The fourth-order valence-electron chi connectivity index (χ4n) is 2.34. The quantitative estimate of drug-likeness (QED) is 0.835. The van der Waals surface area contributed by atoms with Crippen LogP contribution in [-0.2, 0) is 11.3 Å². The van der Waals surface area contributed by atoms with E-state index in [4.69, 9.17) is 19.3 Å². The van der Waals surface area contributed by atoms with Crippen molar-refractivity contribution in [2.45, 2.75) is 19.6 Å². The SMILES string of the molecule is C[C@H](Oc1cccc(C(=O)O)c1)C(=O)NCc1ccc2c(c1)OCO2. The topological polar surface area (TPSA) is 94.1 Å². The van der Waals surface area contributed by atoms with Crippen LogP contribution in [0.5, 0.6) is 17.2 Å². The van der Waals surface area contributed by atoms with Crippen LogP contribution in [0.15, 0.2) is 42.5 Å². The monoisotopic (exact) mass is 343 g/mol. The Bertz CT molecular complexity index is 804. The number of carboxylic acids is 1. The van der Waals surface area contributed by atoms with Gasteiger partial charge in [0.1, 0.15) is 5.75 Å². The third-order valence-electron chi connectivity index (χ3n) is 3.67. The number of ether oxygens (including phenoxy) is 3. The minimum Gasteiger partial charge on any atom is -0.481 e. The molecule has 7 nitrogen and oxygen atoms in total. The predicted molar refractivity (Wildman–Crippen MR) is 87.9 cm³/mol. The van der Waals surface area contributed by atoms with Crippen LogP contribution in [0.3, 0.4) is 0 Å². The summed E-state index contributed by atoms with van der Waals surface area (Å²) < 4.78 is 16.0. The first kappa shape index (κ1) is 16.6. The molecule has 130 valence electrons. The maximum Gasteiger partial charge on any atom is 0.335 e. The maximum atomic E-state index is 12.2. The van der Waals surface area contributed by atoms with E-state index in [1.54, 1.807) is 25.1 Å². The number of carbonyl (C=O) groups is 2. The predicted octanol–water partition coefficient (Wildman–Crippen LogP) is 2.20. The van der Waals surface area contributed by atoms with E-state index in [1.807, 2.05) is 12.1 Å². The zero-order valence-electron chi connectivity index (χ0n) is 13.5. The maximum absolute atomic E-state index is 12.2. The smallest absolute Gasteiger partial charge is 0.335 e. The van der Waals surface area contributed by atoms with Crippen molar-refractivity contribution < 1.29 is 28.9 Å². The Labute approximate surface area is 144 Å². The number of nitrogens with one attached hydrogen (secondary N) is 1. The molecule has 0 unspecified atom stereocenters. The lowest BCUT2D eigenvalue weighted by Gasteiger charge is -2.15. The third kappa shape index (κ3) is 4.00. The van der Waals surface area contributed by atoms with Gasteiger partial charge < -0.3 is 24.6 Å². The van der Waals surface area contributed by atoms with E-state index in [0.717, 1.165) is 5.56 Å². The van der Waals surface area contributed by atoms with Crippen LogP contribution >= 0.6 is 0 Å². The van der Waals surface area contributed by atoms with Crippen LogP contribution in [0, 0.1) is 0 Å². The number of hydrogen-bond donors (Lipinski definition) is 2. The molecular formula is C18H17NO6. The van der Waals surface area contributed by atoms with Crippen molar-refractivity contribution in [2.24, 2.45) is 0 Å². The second-order valence-electron chi connectivity index (χ2n) is 5.50. The van der Waals surface area contributed by atoms with Crippen molar-refractivity contribution in [2.75, 3.05) is 6.79 Å². The zero-order chi connectivity index (χ0) is 17.8. The van der Waals surface area contributed by atoms with E-state index >= 15 is 0 Å². The Balaban J connectivity index is 1.56. The third-order valence-corrected chi connectivity index (χ3v) is 3.67. The number of amides is 1. The van der Waals surface area contributed by atoms with E-state index in [2.05, 4.69) is 5.32 Å². The second-order valence-corrected chi connectivity index (χ2v) is 5.50. The number of hydrogen-bond acceptors (Lipinski definition) is 5. The summed E-state index contributed by atoms with van der Waals surface area (Å²) in [5.74, 6) is 0.306. The van der Waals surface area contributed by atoms with E-state index in [0.29, 0.717) is 23.8 Å². The van der Waals surface area contributed by atoms with Crippen molar-refractivity contribution in [1.82, 2.24) is 5.32 Å². The van der Waals surface area contributed by atoms with Gasteiger partial charge in [-0.25, -0.2) is 4.79 Å². The Morgan fingerprint density at radius 1 is 1.20 bits per heavy atom. The van der Waals surface area contributed by atoms with E-state index in [-0.39, 0.29) is 18.3 Å². The molecule has 0 saturated carbocycles. The number of carboxylic acid groups (broad SMARTS) is 1. The van der Waals surface area contributed by atoms with Gasteiger partial charge in [0.15, 0.2) is 17.6 Å². The molecule has 25 heavy (non-hydrogen) atoms. The summed E-state index contributed by atoms with van der Waals surface area (Å²) in [6.07, 6.45) is -0.766. The molecule has 0 bridgehead atoms. The van der Waals surface area contributed by atoms with Crippen LogP contribution in [0.2, 0.25) is 0 Å². The average molecular weight is 343 g/mol. The second kappa shape index (κ2) is 7.12. The molecule has 2 aromatic rings. The largest absolute Gasteiger partial charge is 0.481 e. The van der Waals surface area contributed by atoms with Crippen LogP contribution in [-0.4, -0.2) is 29.9 Å². The number of benzene rings is 2. The summed E-state index contributed by atoms with van der Waals surface area (Å²) in [4.78, 5) is 23.1. The van der Waals surface area contributed by atoms with Gasteiger partial charge in [-0.15, -0.1) is 0 Å². The Kier molecular flexibility index (Phi) is 4.74. The molecule has 1 aliphatic rings. The molecule has 1 amide bonds. The summed E-state index contributed by atoms with van der Waals surface area (Å²) in [5, 5.41) is 11.7. The van der Waals surface area contributed by atoms with Gasteiger partial charge in [-0.2, -0.15) is 0 Å². The highest BCUT2D eigenvalue weighted by Gasteiger charge is 2.17. The molecule has 0 spiro atoms. The summed E-state index contributed by atoms with van der Waals surface area (Å²) >= 11 is 0. The van der Waals surface area contributed by atoms with Gasteiger partial charge in [-0.3, -0.25) is 4.79 Å². The zero-order valence-corrected chi connectivity index (χ0v) is 13.5. The first-order valence-corrected chi connectivity index (χ1v) is 7.69. The lowest BCUT2D eigenvalue weighted by molar-refractivity contribution is -0.127. The summed E-state index contributed by atoms with van der Waals surface area (Å²) in [5.41, 5.74) is 0.975. The molecule has 3 rings (SSSR count). The highest BCUT2D eigenvalue weighted by Crippen LogP contribution is 2.32. The van der Waals surface area contributed by atoms with Crippen molar-refractivity contribution in [3.05, 3.63) is 53.6 Å². The van der Waals surface area contributed by atoms with Gasteiger partial charge in [0.25, 0.3) is 5.91 Å². The van der Waals surface area contributed by atoms with Crippen molar-refractivity contribution in [1.29, 1.82) is 0 Å². The normalized spacial score (nSPS) is 13.2. The molecule has 0 aliphatic carbocycles. The number of carbonyl (C=O) groups excluding carboxylic acids is 1. The van der Waals surface area contributed by atoms with Gasteiger partial charge in [0.2, 0.25) is 6.79 Å². The fraction of sp³-hybridized carbons (Fsp3) is 0.222. The molecule has 0 saturated heterocycles. The molecule has 1 atom stereocenters. The van der Waals surface area contributed by atoms with Crippen LogP contribution in [0.1, 0.15) is 22.8 Å². The molecule has 1 aliphatic heterocycles. The van der Waals surface area contributed by atoms with Gasteiger partial charge in [-0.05, 0) is 42.8 Å². The van der Waals surface area contributed by atoms with Crippen LogP contribution in [0.4, 0.5) is 0 Å². The van der Waals surface area contributed by atoms with E-state index in [9.17, 15) is 9.59 Å². The highest BCUT2D eigenvalue weighted by molar-refractivity contribution is 5.88. The van der Waals surface area contributed by atoms with Crippen molar-refractivity contribution in [3.63, 3.8) is 0 Å². The molecule has 1 heterocycles. The first-order valence-electron chi connectivity index (χ1n) is 7.69. The minimum absolute atomic E-state index is 0.102. The van der Waals surface area contributed by atoms with E-state index in [1.165, 1.54) is 12.1 Å². The molecule has 0 aromatic heterocycles.